The molecule has 1 aliphatic heterocycles. The summed E-state index contributed by atoms with van der Waals surface area (Å²) >= 11 is 0. The van der Waals surface area contributed by atoms with E-state index in [4.69, 9.17) is 0 Å². The summed E-state index contributed by atoms with van der Waals surface area (Å²) in [6.07, 6.45) is 2.91. The van der Waals surface area contributed by atoms with Crippen LogP contribution in [0.1, 0.15) is 36.8 Å². The Morgan fingerprint density at radius 1 is 1.29 bits per heavy atom. The van der Waals surface area contributed by atoms with Gasteiger partial charge in [-0.2, -0.15) is 0 Å². The third-order valence-corrected chi connectivity index (χ3v) is 5.66. The van der Waals surface area contributed by atoms with Gasteiger partial charge < -0.3 is 15.5 Å². The van der Waals surface area contributed by atoms with Crippen molar-refractivity contribution in [2.24, 2.45) is 0 Å². The fraction of sp³-hybridized carbons (Fsp3) is 0.562. The second kappa shape index (κ2) is 4.70. The zero-order valence-corrected chi connectivity index (χ0v) is 12.6. The smallest absolute Gasteiger partial charge is 0.134 e. The van der Waals surface area contributed by atoms with Crippen molar-refractivity contribution in [1.29, 1.82) is 0 Å². The third kappa shape index (κ3) is 1.79. The van der Waals surface area contributed by atoms with Gasteiger partial charge in [0, 0.05) is 24.3 Å². The van der Waals surface area contributed by atoms with Crippen molar-refractivity contribution in [2.45, 2.75) is 49.2 Å². The lowest BCUT2D eigenvalue weighted by Crippen LogP contribution is -2.72. The van der Waals surface area contributed by atoms with Gasteiger partial charge >= 0.3 is 0 Å². The second-order valence-electron chi connectivity index (χ2n) is 6.52. The number of carbonyl (C=O) groups is 1. The Morgan fingerprint density at radius 2 is 2.10 bits per heavy atom. The van der Waals surface area contributed by atoms with Crippen molar-refractivity contribution < 1.29 is 15.0 Å². The van der Waals surface area contributed by atoms with Crippen molar-refractivity contribution in [2.75, 3.05) is 6.54 Å². The van der Waals surface area contributed by atoms with Gasteiger partial charge in [-0.25, -0.2) is 0 Å². The average Bonchev–Trinajstić information content (AvgIpc) is 2.41. The number of Topliss-reactive ketones (excluding diaryl/α,β-unsaturated/α-hetero) is 1. The van der Waals surface area contributed by atoms with Gasteiger partial charge in [-0.3, -0.25) is 4.79 Å². The van der Waals surface area contributed by atoms with Crippen molar-refractivity contribution in [3.05, 3.63) is 29.3 Å². The number of carbonyl (C=O) groups excluding carboxylic acids is 1. The molecule has 3 N–H and O–H groups in total. The number of ketones is 1. The highest BCUT2D eigenvalue weighted by atomic mass is 35.5. The number of rotatable bonds is 0. The highest BCUT2D eigenvalue weighted by Gasteiger charge is 2.62. The molecule has 1 saturated heterocycles. The summed E-state index contributed by atoms with van der Waals surface area (Å²) in [6, 6.07) is 5.41. The number of aromatic hydroxyl groups is 1. The molecule has 1 aromatic carbocycles. The topological polar surface area (TPSA) is 69.6 Å². The summed E-state index contributed by atoms with van der Waals surface area (Å²) in [4.78, 5) is 12.1. The number of hydrogen-bond donors (Lipinski definition) is 3. The molecule has 0 radical (unpaired) electrons. The van der Waals surface area contributed by atoms with Crippen LogP contribution < -0.4 is 5.32 Å². The van der Waals surface area contributed by atoms with E-state index in [1.165, 1.54) is 0 Å². The van der Waals surface area contributed by atoms with Gasteiger partial charge in [0.2, 0.25) is 0 Å². The normalized spacial score (nSPS) is 37.2. The minimum atomic E-state index is -0.861. The Kier molecular flexibility index (Phi) is 3.32. The molecule has 2 aliphatic carbocycles. The first-order chi connectivity index (χ1) is 9.55. The lowest BCUT2D eigenvalue weighted by Gasteiger charge is -2.60. The molecule has 3 aliphatic rings. The van der Waals surface area contributed by atoms with Crippen LogP contribution in [0.15, 0.2) is 18.2 Å². The van der Waals surface area contributed by atoms with E-state index in [1.807, 2.05) is 6.07 Å². The summed E-state index contributed by atoms with van der Waals surface area (Å²) in [7, 11) is 0. The molecule has 1 heterocycles. The van der Waals surface area contributed by atoms with Crippen LogP contribution in [0.3, 0.4) is 0 Å². The molecule has 1 aromatic rings. The molecule has 21 heavy (non-hydrogen) atoms. The maximum Gasteiger partial charge on any atom is 0.134 e. The molecule has 1 saturated carbocycles. The van der Waals surface area contributed by atoms with Crippen LogP contribution >= 0.6 is 12.4 Å². The van der Waals surface area contributed by atoms with Crippen LogP contribution in [0.5, 0.6) is 5.75 Å². The van der Waals surface area contributed by atoms with Gasteiger partial charge in [-0.1, -0.05) is 6.07 Å². The number of fused-ring (bicyclic) bond motifs is 1. The molecule has 1 unspecified atom stereocenters. The molecule has 5 heteroatoms. The summed E-state index contributed by atoms with van der Waals surface area (Å²) in [5.41, 5.74) is 0.773. The Hall–Kier alpha value is -1.10. The molecule has 114 valence electrons. The monoisotopic (exact) mass is 309 g/mol. The predicted molar refractivity (Wildman–Crippen MR) is 81.0 cm³/mol. The van der Waals surface area contributed by atoms with E-state index in [1.54, 1.807) is 12.1 Å². The molecule has 3 atom stereocenters. The summed E-state index contributed by atoms with van der Waals surface area (Å²) in [5.74, 6) is 0.446. The van der Waals surface area contributed by atoms with E-state index in [0.29, 0.717) is 19.3 Å². The third-order valence-electron chi connectivity index (χ3n) is 5.66. The van der Waals surface area contributed by atoms with Crippen LogP contribution in [0, 0.1) is 0 Å². The van der Waals surface area contributed by atoms with Gasteiger partial charge in [0.1, 0.15) is 11.5 Å². The Balaban J connectivity index is 0.00000132. The molecule has 0 aromatic heterocycles. The maximum atomic E-state index is 12.1. The first-order valence-electron chi connectivity index (χ1n) is 7.35. The van der Waals surface area contributed by atoms with Crippen molar-refractivity contribution >= 4 is 18.2 Å². The van der Waals surface area contributed by atoms with Gasteiger partial charge in [0.05, 0.1) is 5.60 Å². The Bertz CT molecular complexity index is 605. The number of hydrogen-bond acceptors (Lipinski definition) is 4. The van der Waals surface area contributed by atoms with Crippen LogP contribution in [0.25, 0.3) is 0 Å². The minimum absolute atomic E-state index is 0. The molecular formula is C16H20ClNO3. The standard InChI is InChI=1S/C16H19NO3.ClH/c18-11-2-1-10-7-14-16(20)4-3-12(19)9-15(16,5-6-17-14)13(10)8-11;/h1-2,8,14,17-18,20H,3-7,9H2;1H/t14-,15-,16?;/m1./s1. The predicted octanol–water partition coefficient (Wildman–Crippen LogP) is 1.45. The molecule has 2 bridgehead atoms. The van der Waals surface area contributed by atoms with Crippen LogP contribution in [0.2, 0.25) is 0 Å². The molecule has 2 fully saturated rings. The van der Waals surface area contributed by atoms with Gasteiger partial charge in [0.15, 0.2) is 0 Å². The largest absolute Gasteiger partial charge is 0.508 e. The first kappa shape index (κ1) is 14.8. The number of piperidine rings is 1. The Labute approximate surface area is 130 Å². The fourth-order valence-corrected chi connectivity index (χ4v) is 4.70. The van der Waals surface area contributed by atoms with E-state index in [0.717, 1.165) is 30.5 Å². The maximum absolute atomic E-state index is 12.1. The van der Waals surface area contributed by atoms with Gasteiger partial charge in [-0.05, 0) is 49.1 Å². The second-order valence-corrected chi connectivity index (χ2v) is 6.52. The van der Waals surface area contributed by atoms with Crippen molar-refractivity contribution in [3.63, 3.8) is 0 Å². The number of halogens is 1. The zero-order chi connectivity index (χ0) is 14.0. The van der Waals surface area contributed by atoms with E-state index in [9.17, 15) is 15.0 Å². The first-order valence-corrected chi connectivity index (χ1v) is 7.35. The van der Waals surface area contributed by atoms with E-state index >= 15 is 0 Å². The average molecular weight is 310 g/mol. The van der Waals surface area contributed by atoms with Crippen LogP contribution in [-0.4, -0.2) is 34.2 Å². The van der Waals surface area contributed by atoms with E-state index in [2.05, 4.69) is 5.32 Å². The van der Waals surface area contributed by atoms with Gasteiger partial charge in [0.25, 0.3) is 0 Å². The lowest BCUT2D eigenvalue weighted by molar-refractivity contribution is -0.149. The molecular weight excluding hydrogens is 290 g/mol. The highest BCUT2D eigenvalue weighted by Crippen LogP contribution is 2.55. The van der Waals surface area contributed by atoms with E-state index < -0.39 is 11.0 Å². The number of nitrogens with one attached hydrogen (secondary N) is 1. The molecule has 0 spiro atoms. The highest BCUT2D eigenvalue weighted by molar-refractivity contribution is 5.85. The quantitative estimate of drug-likeness (QED) is 0.678. The number of aliphatic hydroxyl groups is 1. The Morgan fingerprint density at radius 3 is 2.90 bits per heavy atom. The number of phenols is 1. The SMILES string of the molecule is Cl.O=C1CCC2(O)[C@H]3Cc4ccc(O)cc4[C@@]2(CCN3)C1. The minimum Gasteiger partial charge on any atom is -0.508 e. The number of phenolic OH excluding ortho intramolecular Hbond substituents is 1. The van der Waals surface area contributed by atoms with Crippen LogP contribution in [-0.2, 0) is 16.6 Å². The summed E-state index contributed by atoms with van der Waals surface area (Å²) in [5, 5.41) is 24.6. The molecule has 4 nitrogen and oxygen atoms in total. The van der Waals surface area contributed by atoms with E-state index in [-0.39, 0.29) is 30.0 Å². The fourth-order valence-electron chi connectivity index (χ4n) is 4.70. The lowest BCUT2D eigenvalue weighted by atomic mass is 9.50. The summed E-state index contributed by atoms with van der Waals surface area (Å²) in [6.45, 7) is 0.815. The molecule has 0 amide bonds. The van der Waals surface area contributed by atoms with Crippen LogP contribution in [0.4, 0.5) is 0 Å². The van der Waals surface area contributed by atoms with Gasteiger partial charge in [-0.15, -0.1) is 12.4 Å². The number of benzene rings is 1. The van der Waals surface area contributed by atoms with Crippen molar-refractivity contribution in [3.8, 4) is 5.75 Å². The van der Waals surface area contributed by atoms with Crippen molar-refractivity contribution in [1.82, 2.24) is 5.32 Å². The summed E-state index contributed by atoms with van der Waals surface area (Å²) < 4.78 is 0. The molecule has 4 rings (SSSR count). The zero-order valence-electron chi connectivity index (χ0n) is 11.8.